The molecule has 0 bridgehead atoms. The van der Waals surface area contributed by atoms with Crippen molar-refractivity contribution in [1.29, 1.82) is 0 Å². The molecule has 112 valence electrons. The van der Waals surface area contributed by atoms with Gasteiger partial charge >= 0.3 is 0 Å². The zero-order valence-electron chi connectivity index (χ0n) is 12.7. The highest BCUT2D eigenvalue weighted by Crippen LogP contribution is 2.34. The largest absolute Gasteiger partial charge is 0.393 e. The molecule has 1 saturated carbocycles. The lowest BCUT2D eigenvalue weighted by Crippen LogP contribution is -2.41. The van der Waals surface area contributed by atoms with E-state index in [-0.39, 0.29) is 11.9 Å². The predicted molar refractivity (Wildman–Crippen MR) is 79.8 cm³/mol. The Morgan fingerprint density at radius 2 is 1.95 bits per heavy atom. The maximum absolute atomic E-state index is 13.7. The number of halogens is 1. The molecule has 4 atom stereocenters. The lowest BCUT2D eigenvalue weighted by atomic mass is 9.73. The number of hydrogen-bond acceptors (Lipinski definition) is 2. The van der Waals surface area contributed by atoms with E-state index in [1.165, 1.54) is 12.5 Å². The van der Waals surface area contributed by atoms with Crippen LogP contribution in [0.25, 0.3) is 0 Å². The highest BCUT2D eigenvalue weighted by atomic mass is 19.1. The van der Waals surface area contributed by atoms with Crippen molar-refractivity contribution in [2.45, 2.75) is 39.3 Å². The van der Waals surface area contributed by atoms with Crippen molar-refractivity contribution < 1.29 is 9.50 Å². The van der Waals surface area contributed by atoms with Crippen LogP contribution in [0, 0.1) is 23.6 Å². The Balaban J connectivity index is 1.94. The molecule has 1 fully saturated rings. The molecule has 2 nitrogen and oxygen atoms in total. The molecule has 0 heterocycles. The van der Waals surface area contributed by atoms with Crippen molar-refractivity contribution in [1.82, 2.24) is 4.90 Å². The summed E-state index contributed by atoms with van der Waals surface area (Å²) >= 11 is 0. The van der Waals surface area contributed by atoms with E-state index in [0.29, 0.717) is 24.3 Å². The molecule has 0 saturated heterocycles. The van der Waals surface area contributed by atoms with Crippen LogP contribution in [0.1, 0.15) is 32.3 Å². The van der Waals surface area contributed by atoms with Crippen LogP contribution in [0.2, 0.25) is 0 Å². The van der Waals surface area contributed by atoms with Crippen molar-refractivity contribution in [3.63, 3.8) is 0 Å². The molecule has 4 unspecified atom stereocenters. The lowest BCUT2D eigenvalue weighted by molar-refractivity contribution is 0.000496. The summed E-state index contributed by atoms with van der Waals surface area (Å²) in [6.07, 6.45) is 1.84. The van der Waals surface area contributed by atoms with Crippen LogP contribution in [-0.2, 0) is 6.54 Å². The van der Waals surface area contributed by atoms with Crippen molar-refractivity contribution >= 4 is 0 Å². The van der Waals surface area contributed by atoms with E-state index >= 15 is 0 Å². The molecule has 2 rings (SSSR count). The van der Waals surface area contributed by atoms with Gasteiger partial charge in [-0.3, -0.25) is 0 Å². The van der Waals surface area contributed by atoms with Gasteiger partial charge < -0.3 is 10.0 Å². The Labute approximate surface area is 121 Å². The number of nitrogens with zero attached hydrogens (tertiary/aromatic N) is 1. The minimum atomic E-state index is -0.225. The van der Waals surface area contributed by atoms with Gasteiger partial charge in [0.25, 0.3) is 0 Å². The molecule has 0 aliphatic heterocycles. The first-order valence-corrected chi connectivity index (χ1v) is 7.57. The smallest absolute Gasteiger partial charge is 0.127 e. The summed E-state index contributed by atoms with van der Waals surface area (Å²) in [6.45, 7) is 5.85. The third-order valence-electron chi connectivity index (χ3n) is 4.56. The van der Waals surface area contributed by atoms with Crippen molar-refractivity contribution in [3.05, 3.63) is 35.6 Å². The normalized spacial score (nSPS) is 30.7. The first-order chi connectivity index (χ1) is 9.47. The predicted octanol–water partition coefficient (Wildman–Crippen LogP) is 3.30. The third kappa shape index (κ3) is 3.80. The van der Waals surface area contributed by atoms with Crippen LogP contribution < -0.4 is 0 Å². The van der Waals surface area contributed by atoms with E-state index in [4.69, 9.17) is 0 Å². The van der Waals surface area contributed by atoms with E-state index in [1.807, 2.05) is 19.2 Å². The molecule has 1 N–H and O–H groups in total. The average molecular weight is 279 g/mol. The van der Waals surface area contributed by atoms with Gasteiger partial charge in [0.05, 0.1) is 6.10 Å². The average Bonchev–Trinajstić information content (AvgIpc) is 2.36. The second-order valence-corrected chi connectivity index (χ2v) is 6.57. The molecule has 1 aliphatic carbocycles. The standard InChI is InChI=1S/C17H26FNO/c1-12-8-13(2)15(17(20)9-12)11-19(3)10-14-6-4-5-7-16(14)18/h4-7,12-13,15,17,20H,8-11H2,1-3H3. The van der Waals surface area contributed by atoms with Gasteiger partial charge in [-0.15, -0.1) is 0 Å². The third-order valence-corrected chi connectivity index (χ3v) is 4.56. The Morgan fingerprint density at radius 3 is 2.60 bits per heavy atom. The summed E-state index contributed by atoms with van der Waals surface area (Å²) in [5.41, 5.74) is 0.723. The zero-order valence-corrected chi connectivity index (χ0v) is 12.7. The SMILES string of the molecule is CC1CC(C)C(CN(C)Cc2ccccc2F)C(O)C1. The second kappa shape index (κ2) is 6.68. The summed E-state index contributed by atoms with van der Waals surface area (Å²) in [6, 6.07) is 6.91. The molecular weight excluding hydrogens is 253 g/mol. The van der Waals surface area contributed by atoms with Gasteiger partial charge in [-0.1, -0.05) is 32.0 Å². The quantitative estimate of drug-likeness (QED) is 0.914. The first-order valence-electron chi connectivity index (χ1n) is 7.57. The van der Waals surface area contributed by atoms with E-state index in [2.05, 4.69) is 18.7 Å². The van der Waals surface area contributed by atoms with Crippen LogP contribution in [0.3, 0.4) is 0 Å². The molecular formula is C17H26FNO. The van der Waals surface area contributed by atoms with Crippen molar-refractivity contribution in [2.24, 2.45) is 17.8 Å². The number of hydrogen-bond donors (Lipinski definition) is 1. The van der Waals surface area contributed by atoms with Crippen LogP contribution >= 0.6 is 0 Å². The summed E-state index contributed by atoms with van der Waals surface area (Å²) in [4.78, 5) is 2.12. The van der Waals surface area contributed by atoms with Crippen LogP contribution in [-0.4, -0.2) is 29.7 Å². The van der Waals surface area contributed by atoms with Crippen LogP contribution in [0.4, 0.5) is 4.39 Å². The molecule has 0 radical (unpaired) electrons. The fourth-order valence-corrected chi connectivity index (χ4v) is 3.52. The van der Waals surface area contributed by atoms with Gasteiger partial charge in [-0.25, -0.2) is 4.39 Å². The highest BCUT2D eigenvalue weighted by Gasteiger charge is 2.33. The summed E-state index contributed by atoms with van der Waals surface area (Å²) in [7, 11) is 2.00. The lowest BCUT2D eigenvalue weighted by Gasteiger charge is -2.39. The maximum Gasteiger partial charge on any atom is 0.127 e. The minimum absolute atomic E-state index is 0.148. The second-order valence-electron chi connectivity index (χ2n) is 6.57. The number of aliphatic hydroxyl groups is 1. The van der Waals surface area contributed by atoms with Crippen LogP contribution in [0.5, 0.6) is 0 Å². The maximum atomic E-state index is 13.7. The Bertz CT molecular complexity index is 425. The fourth-order valence-electron chi connectivity index (χ4n) is 3.52. The minimum Gasteiger partial charge on any atom is -0.393 e. The molecule has 0 aromatic heterocycles. The summed E-state index contributed by atoms with van der Waals surface area (Å²) in [5.74, 6) is 1.28. The first kappa shape index (κ1) is 15.5. The molecule has 20 heavy (non-hydrogen) atoms. The van der Waals surface area contributed by atoms with E-state index < -0.39 is 0 Å². The highest BCUT2D eigenvalue weighted by molar-refractivity contribution is 5.17. The topological polar surface area (TPSA) is 23.5 Å². The molecule has 3 heteroatoms. The molecule has 1 aromatic rings. The molecule has 0 amide bonds. The van der Waals surface area contributed by atoms with Gasteiger partial charge in [0.15, 0.2) is 0 Å². The molecule has 1 aliphatic rings. The van der Waals surface area contributed by atoms with Gasteiger partial charge in [0.2, 0.25) is 0 Å². The monoisotopic (exact) mass is 279 g/mol. The zero-order chi connectivity index (χ0) is 14.7. The number of rotatable bonds is 4. The van der Waals surface area contributed by atoms with E-state index in [9.17, 15) is 9.50 Å². The fraction of sp³-hybridized carbons (Fsp3) is 0.647. The van der Waals surface area contributed by atoms with Crippen molar-refractivity contribution in [2.75, 3.05) is 13.6 Å². The van der Waals surface area contributed by atoms with Gasteiger partial charge in [0, 0.05) is 24.6 Å². The number of aliphatic hydroxyl groups excluding tert-OH is 1. The number of benzene rings is 1. The van der Waals surface area contributed by atoms with Gasteiger partial charge in [0.1, 0.15) is 5.82 Å². The molecule has 0 spiro atoms. The Morgan fingerprint density at radius 1 is 1.25 bits per heavy atom. The Kier molecular flexibility index (Phi) is 5.17. The summed E-state index contributed by atoms with van der Waals surface area (Å²) < 4.78 is 13.7. The van der Waals surface area contributed by atoms with Crippen molar-refractivity contribution in [3.8, 4) is 0 Å². The Hall–Kier alpha value is -0.930. The van der Waals surface area contributed by atoms with E-state index in [1.54, 1.807) is 6.07 Å². The summed E-state index contributed by atoms with van der Waals surface area (Å²) in [5, 5.41) is 10.3. The van der Waals surface area contributed by atoms with Gasteiger partial charge in [-0.05, 0) is 37.8 Å². The van der Waals surface area contributed by atoms with Gasteiger partial charge in [-0.2, -0.15) is 0 Å². The van der Waals surface area contributed by atoms with E-state index in [0.717, 1.165) is 18.5 Å². The van der Waals surface area contributed by atoms with Crippen LogP contribution in [0.15, 0.2) is 24.3 Å². The molecule has 1 aromatic carbocycles.